The summed E-state index contributed by atoms with van der Waals surface area (Å²) in [7, 11) is 0. The Morgan fingerprint density at radius 2 is 0.837 bits per heavy atom. The van der Waals surface area contributed by atoms with Crippen LogP contribution in [0, 0.1) is 5.92 Å². The van der Waals surface area contributed by atoms with Gasteiger partial charge in [-0.3, -0.25) is 9.59 Å². The Morgan fingerprint density at radius 1 is 0.535 bits per heavy atom. The van der Waals surface area contributed by atoms with Gasteiger partial charge >= 0.3 is 0 Å². The fourth-order valence-corrected chi connectivity index (χ4v) is 6.14. The van der Waals surface area contributed by atoms with Crippen molar-refractivity contribution in [3.63, 3.8) is 0 Å². The summed E-state index contributed by atoms with van der Waals surface area (Å²) in [5.74, 6) is -1.61. The zero-order valence-corrected chi connectivity index (χ0v) is 29.0. The molecule has 0 aromatic heterocycles. The number of ketones is 2. The minimum atomic E-state index is -2.39. The van der Waals surface area contributed by atoms with Gasteiger partial charge in [0, 0.05) is 12.3 Å². The largest absolute Gasteiger partial charge is 0.393 e. The highest BCUT2D eigenvalue weighted by Crippen LogP contribution is 2.23. The van der Waals surface area contributed by atoms with Crippen molar-refractivity contribution < 1.29 is 24.9 Å². The summed E-state index contributed by atoms with van der Waals surface area (Å²) in [4.78, 5) is 25.6. The van der Waals surface area contributed by atoms with Crippen LogP contribution in [0.4, 0.5) is 0 Å². The molecule has 256 valence electrons. The van der Waals surface area contributed by atoms with Gasteiger partial charge in [-0.05, 0) is 12.8 Å². The highest BCUT2D eigenvalue weighted by atomic mass is 16.4. The fraction of sp³-hybridized carbons (Fsp3) is 0.947. The molecule has 3 atom stereocenters. The summed E-state index contributed by atoms with van der Waals surface area (Å²) in [5, 5.41) is 31.2. The topological polar surface area (TPSA) is 94.8 Å². The molecular weight excluding hydrogens is 536 g/mol. The average Bonchev–Trinajstić information content (AvgIpc) is 3.01. The molecule has 0 bridgehead atoms. The van der Waals surface area contributed by atoms with E-state index in [4.69, 9.17) is 0 Å². The number of carbonyl (C=O) groups excluding carboxylic acids is 2. The molecule has 0 heterocycles. The van der Waals surface area contributed by atoms with E-state index in [0.717, 1.165) is 38.5 Å². The summed E-state index contributed by atoms with van der Waals surface area (Å²) in [6.07, 6.45) is 32.2. The minimum Gasteiger partial charge on any atom is -0.393 e. The van der Waals surface area contributed by atoms with E-state index < -0.39 is 35.8 Å². The number of rotatable bonds is 34. The van der Waals surface area contributed by atoms with Gasteiger partial charge in [-0.2, -0.15) is 0 Å². The number of Topliss-reactive ketones (excluding diaryl/α,β-unsaturated/α-hetero) is 2. The van der Waals surface area contributed by atoms with Crippen LogP contribution in [0.3, 0.4) is 0 Å². The van der Waals surface area contributed by atoms with Gasteiger partial charge in [-0.25, -0.2) is 0 Å². The third-order valence-electron chi connectivity index (χ3n) is 9.43. The normalized spacial score (nSPS) is 14.5. The third-order valence-corrected chi connectivity index (χ3v) is 9.43. The molecule has 3 N–H and O–H groups in total. The highest BCUT2D eigenvalue weighted by molar-refractivity contribution is 5.96. The van der Waals surface area contributed by atoms with Crippen molar-refractivity contribution in [2.24, 2.45) is 5.92 Å². The number of hydrogen-bond donors (Lipinski definition) is 3. The van der Waals surface area contributed by atoms with E-state index in [1.54, 1.807) is 6.92 Å². The molecule has 5 nitrogen and oxygen atoms in total. The van der Waals surface area contributed by atoms with Crippen molar-refractivity contribution in [3.8, 4) is 0 Å². The fourth-order valence-electron chi connectivity index (χ4n) is 6.14. The van der Waals surface area contributed by atoms with Crippen LogP contribution in [0.1, 0.15) is 207 Å². The molecule has 0 spiro atoms. The Labute approximate surface area is 267 Å². The lowest BCUT2D eigenvalue weighted by molar-refractivity contribution is -0.167. The first-order valence-corrected chi connectivity index (χ1v) is 18.9. The monoisotopic (exact) mass is 611 g/mol. The van der Waals surface area contributed by atoms with Gasteiger partial charge < -0.3 is 15.3 Å². The molecule has 0 saturated carbocycles. The molecule has 5 heteroatoms. The lowest BCUT2D eigenvalue weighted by Gasteiger charge is -2.30. The van der Waals surface area contributed by atoms with Crippen molar-refractivity contribution in [1.29, 1.82) is 0 Å². The van der Waals surface area contributed by atoms with Gasteiger partial charge in [0.15, 0.2) is 23.3 Å². The smallest absolute Gasteiger partial charge is 0.178 e. The predicted octanol–water partition coefficient (Wildman–Crippen LogP) is 10.2. The van der Waals surface area contributed by atoms with Crippen LogP contribution in [0.2, 0.25) is 0 Å². The molecule has 0 aliphatic rings. The first-order valence-electron chi connectivity index (χ1n) is 18.9. The Morgan fingerprint density at radius 3 is 1.16 bits per heavy atom. The van der Waals surface area contributed by atoms with Crippen LogP contribution in [-0.4, -0.2) is 45.2 Å². The summed E-state index contributed by atoms with van der Waals surface area (Å²) in [6.45, 7) is 5.33. The number of hydrogen-bond acceptors (Lipinski definition) is 5. The van der Waals surface area contributed by atoms with E-state index in [-0.39, 0.29) is 6.42 Å². The summed E-state index contributed by atoms with van der Waals surface area (Å²) < 4.78 is 0. The van der Waals surface area contributed by atoms with Crippen molar-refractivity contribution >= 4 is 11.6 Å². The molecule has 0 saturated heterocycles. The van der Waals surface area contributed by atoms with Gasteiger partial charge in [0.1, 0.15) is 0 Å². The number of unbranched alkanes of at least 4 members (excludes halogenated alkanes) is 25. The first-order chi connectivity index (χ1) is 20.8. The van der Waals surface area contributed by atoms with Gasteiger partial charge in [0.25, 0.3) is 0 Å². The van der Waals surface area contributed by atoms with Crippen LogP contribution < -0.4 is 0 Å². The molecule has 0 aromatic carbocycles. The second kappa shape index (κ2) is 29.9. The molecule has 0 aliphatic heterocycles. The van der Waals surface area contributed by atoms with Gasteiger partial charge in [-0.15, -0.1) is 0 Å². The molecule has 0 aromatic rings. The Hall–Kier alpha value is -0.780. The molecule has 0 fully saturated rings. The van der Waals surface area contributed by atoms with Crippen molar-refractivity contribution in [2.45, 2.75) is 219 Å². The molecular formula is C38H74O5. The van der Waals surface area contributed by atoms with E-state index in [0.29, 0.717) is 12.8 Å². The van der Waals surface area contributed by atoms with E-state index in [2.05, 4.69) is 13.8 Å². The van der Waals surface area contributed by atoms with Crippen molar-refractivity contribution in [2.75, 3.05) is 6.61 Å². The van der Waals surface area contributed by atoms with Gasteiger partial charge in [0.2, 0.25) is 0 Å². The predicted molar refractivity (Wildman–Crippen MR) is 182 cm³/mol. The molecule has 0 rings (SSSR count). The van der Waals surface area contributed by atoms with E-state index >= 15 is 0 Å². The van der Waals surface area contributed by atoms with Crippen LogP contribution >= 0.6 is 0 Å². The van der Waals surface area contributed by atoms with Crippen molar-refractivity contribution in [1.82, 2.24) is 0 Å². The molecule has 0 amide bonds. The van der Waals surface area contributed by atoms with E-state index in [9.17, 15) is 24.9 Å². The first kappa shape index (κ1) is 42.2. The Balaban J connectivity index is 3.97. The standard InChI is InChI=1S/C38H74O5/c1-4-6-8-10-12-14-16-18-20-21-23-25-27-29-31-34(3)36(41)37(42)38(43,33-39)35(40)32-30-28-26-24-22-19-17-15-13-11-9-7-5-2/h34,37,39,42-43H,4-33H2,1-3H3. The quantitative estimate of drug-likeness (QED) is 0.0630. The summed E-state index contributed by atoms with van der Waals surface area (Å²) in [6, 6.07) is 0. The van der Waals surface area contributed by atoms with Gasteiger partial charge in [0.05, 0.1) is 6.61 Å². The minimum absolute atomic E-state index is 0.0759. The van der Waals surface area contributed by atoms with Crippen LogP contribution in [0.15, 0.2) is 0 Å². The van der Waals surface area contributed by atoms with E-state index in [1.165, 1.54) is 128 Å². The second-order valence-corrected chi connectivity index (χ2v) is 13.6. The molecule has 3 unspecified atom stereocenters. The number of carbonyl (C=O) groups is 2. The van der Waals surface area contributed by atoms with Gasteiger partial charge in [-0.1, -0.05) is 188 Å². The van der Waals surface area contributed by atoms with Crippen LogP contribution in [0.25, 0.3) is 0 Å². The average molecular weight is 611 g/mol. The molecule has 0 radical (unpaired) electrons. The van der Waals surface area contributed by atoms with E-state index in [1.807, 2.05) is 0 Å². The maximum absolute atomic E-state index is 12.8. The Bertz CT molecular complexity index is 636. The summed E-state index contributed by atoms with van der Waals surface area (Å²) in [5.41, 5.74) is -2.39. The highest BCUT2D eigenvalue weighted by Gasteiger charge is 2.46. The summed E-state index contributed by atoms with van der Waals surface area (Å²) >= 11 is 0. The molecule has 0 aliphatic carbocycles. The second-order valence-electron chi connectivity index (χ2n) is 13.6. The van der Waals surface area contributed by atoms with Crippen molar-refractivity contribution in [3.05, 3.63) is 0 Å². The lowest BCUT2D eigenvalue weighted by atomic mass is 9.82. The SMILES string of the molecule is CCCCCCCCCCCCCCCCC(C)C(=O)C(O)C(O)(CO)C(=O)CCCCCCCCCCCCCCC. The number of aliphatic hydroxyl groups excluding tert-OH is 2. The lowest BCUT2D eigenvalue weighted by Crippen LogP contribution is -2.57. The number of aliphatic hydroxyl groups is 3. The maximum atomic E-state index is 12.8. The zero-order chi connectivity index (χ0) is 32.0. The van der Waals surface area contributed by atoms with Crippen LogP contribution in [-0.2, 0) is 9.59 Å². The maximum Gasteiger partial charge on any atom is 0.178 e. The van der Waals surface area contributed by atoms with Crippen LogP contribution in [0.5, 0.6) is 0 Å². The third kappa shape index (κ3) is 22.4. The zero-order valence-electron chi connectivity index (χ0n) is 29.0. The molecule has 43 heavy (non-hydrogen) atoms. The Kier molecular flexibility index (Phi) is 29.4.